The fourth-order valence-corrected chi connectivity index (χ4v) is 0.886. The maximum Gasteiger partial charge on any atom is 0.262 e. The Hall–Kier alpha value is -0.420. The molecule has 0 radical (unpaired) electrons. The van der Waals surface area contributed by atoms with Gasteiger partial charge in [0, 0.05) is 16.7 Å². The van der Waals surface area contributed by atoms with E-state index < -0.39 is 7.82 Å². The number of quaternary nitrogens is 1. The molecule has 0 heterocycles. The van der Waals surface area contributed by atoms with Crippen molar-refractivity contribution in [1.29, 1.82) is 0 Å². The Labute approximate surface area is 86.4 Å². The van der Waals surface area contributed by atoms with Crippen LogP contribution in [0, 0.1) is 6.92 Å². The van der Waals surface area contributed by atoms with Gasteiger partial charge in [-0.25, -0.2) is 0 Å². The van der Waals surface area contributed by atoms with Crippen LogP contribution >= 0.6 is 19.4 Å². The highest BCUT2D eigenvalue weighted by atomic mass is 35.5. The number of benzene rings is 1. The molecule has 0 bridgehead atoms. The van der Waals surface area contributed by atoms with Gasteiger partial charge in [0.1, 0.15) is 5.69 Å². The molecule has 0 aliphatic heterocycles. The second-order valence-corrected chi connectivity index (χ2v) is 3.98. The standard InChI is InChI=1S/C7H8ClN.H3O4P/c1-5-4-6(8)2-3-7(5)9;1-5(2,3)4/h2-4H,9H2,1H3;(H3,1,2,3,4). The first kappa shape index (κ1) is 13.6. The predicted molar refractivity (Wildman–Crippen MR) is 50.8 cm³/mol. The number of phosphoric acid groups is 1. The van der Waals surface area contributed by atoms with Crippen LogP contribution in [0.2, 0.25) is 5.02 Å². The summed E-state index contributed by atoms with van der Waals surface area (Å²) in [4.78, 5) is 22.9. The van der Waals surface area contributed by atoms with Crippen molar-refractivity contribution in [2.75, 3.05) is 0 Å². The van der Waals surface area contributed by atoms with Crippen LogP contribution in [0.4, 0.5) is 5.69 Å². The van der Waals surface area contributed by atoms with E-state index in [4.69, 9.17) is 30.8 Å². The highest BCUT2D eigenvalue weighted by Crippen LogP contribution is 2.19. The highest BCUT2D eigenvalue weighted by molar-refractivity contribution is 7.43. The lowest BCUT2D eigenvalue weighted by molar-refractivity contribution is -0.255. The molecule has 0 saturated heterocycles. The minimum absolute atomic E-state index is 0.778. The molecular weight excluding hydrogens is 229 g/mol. The fourth-order valence-electron chi connectivity index (χ4n) is 0.659. The monoisotopic (exact) mass is 239 g/mol. The van der Waals surface area contributed by atoms with Crippen LogP contribution < -0.4 is 10.6 Å². The average molecular weight is 240 g/mol. The average Bonchev–Trinajstić information content (AvgIpc) is 1.94. The number of aryl methyl sites for hydroxylation is 1. The van der Waals surface area contributed by atoms with Crippen LogP contribution in [-0.2, 0) is 4.57 Å². The first-order valence-electron chi connectivity index (χ1n) is 3.55. The summed E-state index contributed by atoms with van der Waals surface area (Å²) in [5, 5.41) is 0.778. The summed E-state index contributed by atoms with van der Waals surface area (Å²) in [7, 11) is -4.89. The van der Waals surface area contributed by atoms with Crippen LogP contribution in [0.25, 0.3) is 0 Å². The Balaban J connectivity index is 0.000000292. The lowest BCUT2D eigenvalue weighted by Crippen LogP contribution is -2.40. The van der Waals surface area contributed by atoms with Gasteiger partial charge in [0.2, 0.25) is 0 Å². The number of hydrogen-bond donors (Lipinski definition) is 3. The Morgan fingerprint density at radius 1 is 1.50 bits per heavy atom. The second-order valence-electron chi connectivity index (χ2n) is 2.56. The number of hydrogen-bond acceptors (Lipinski definition) is 2. The summed E-state index contributed by atoms with van der Waals surface area (Å²) >= 11 is 5.69. The van der Waals surface area contributed by atoms with Crippen molar-refractivity contribution < 1.29 is 25.0 Å². The summed E-state index contributed by atoms with van der Waals surface area (Å²) in [5.41, 5.74) is 5.98. The predicted octanol–water partition coefficient (Wildman–Crippen LogP) is -0.0388. The third kappa shape index (κ3) is 8.19. The van der Waals surface area contributed by atoms with Crippen molar-refractivity contribution in [2.24, 2.45) is 0 Å². The third-order valence-electron chi connectivity index (χ3n) is 1.30. The van der Waals surface area contributed by atoms with Crippen LogP contribution in [0.1, 0.15) is 5.56 Å². The van der Waals surface area contributed by atoms with Crippen LogP contribution in [0.3, 0.4) is 0 Å². The van der Waals surface area contributed by atoms with Gasteiger partial charge in [0.05, 0.1) is 0 Å². The maximum atomic E-state index is 8.77. The smallest absolute Gasteiger partial charge is 0.262 e. The van der Waals surface area contributed by atoms with E-state index in [-0.39, 0.29) is 0 Å². The zero-order valence-corrected chi connectivity index (χ0v) is 9.13. The summed E-state index contributed by atoms with van der Waals surface area (Å²) in [5.74, 6) is 0. The number of halogens is 1. The molecule has 1 aromatic rings. The maximum absolute atomic E-state index is 8.77. The normalized spacial score (nSPS) is 10.4. The molecule has 7 heteroatoms. The van der Waals surface area contributed by atoms with E-state index in [9.17, 15) is 0 Å². The molecule has 0 aliphatic carbocycles. The fraction of sp³-hybridized carbons (Fsp3) is 0.143. The molecule has 14 heavy (non-hydrogen) atoms. The first-order chi connectivity index (χ1) is 6.20. The topological polar surface area (TPSA) is 108 Å². The minimum Gasteiger partial charge on any atom is -0.756 e. The van der Waals surface area contributed by atoms with Crippen molar-refractivity contribution in [3.05, 3.63) is 28.8 Å². The van der Waals surface area contributed by atoms with Crippen molar-refractivity contribution in [3.63, 3.8) is 0 Å². The van der Waals surface area contributed by atoms with Crippen LogP contribution in [0.5, 0.6) is 0 Å². The molecule has 0 spiro atoms. The van der Waals surface area contributed by atoms with Gasteiger partial charge in [-0.1, -0.05) is 11.6 Å². The molecule has 0 aliphatic rings. The first-order valence-corrected chi connectivity index (χ1v) is 5.45. The van der Waals surface area contributed by atoms with Crippen LogP contribution in [-0.4, -0.2) is 9.79 Å². The van der Waals surface area contributed by atoms with Crippen molar-refractivity contribution in [1.82, 2.24) is 0 Å². The lowest BCUT2D eigenvalue weighted by atomic mass is 10.2. The molecule has 0 unspecified atom stereocenters. The molecule has 5 N–H and O–H groups in total. The molecule has 0 atom stereocenters. The van der Waals surface area contributed by atoms with E-state index in [1.54, 1.807) is 0 Å². The molecule has 1 aromatic carbocycles. The molecule has 0 saturated carbocycles. The van der Waals surface area contributed by atoms with Crippen LogP contribution in [0.15, 0.2) is 18.2 Å². The Morgan fingerprint density at radius 3 is 2.21 bits per heavy atom. The van der Waals surface area contributed by atoms with Gasteiger partial charge >= 0.3 is 0 Å². The Bertz CT molecular complexity index is 343. The van der Waals surface area contributed by atoms with Crippen molar-refractivity contribution in [2.45, 2.75) is 6.92 Å². The number of rotatable bonds is 0. The van der Waals surface area contributed by atoms with Gasteiger partial charge in [-0.15, -0.1) is 0 Å². The zero-order chi connectivity index (χ0) is 11.4. The van der Waals surface area contributed by atoms with Gasteiger partial charge < -0.3 is 20.4 Å². The Morgan fingerprint density at radius 2 is 1.93 bits per heavy atom. The largest absolute Gasteiger partial charge is 0.756 e. The van der Waals surface area contributed by atoms with Gasteiger partial charge in [-0.3, -0.25) is 4.57 Å². The van der Waals surface area contributed by atoms with E-state index in [1.807, 2.05) is 25.1 Å². The summed E-state index contributed by atoms with van der Waals surface area (Å²) in [6, 6.07) is 5.67. The summed E-state index contributed by atoms with van der Waals surface area (Å²) in [6.45, 7) is 1.99. The summed E-state index contributed by atoms with van der Waals surface area (Å²) < 4.78 is 8.77. The van der Waals surface area contributed by atoms with Crippen molar-refractivity contribution >= 4 is 25.1 Å². The third-order valence-corrected chi connectivity index (χ3v) is 1.54. The van der Waals surface area contributed by atoms with E-state index in [0.29, 0.717) is 0 Å². The minimum atomic E-state index is -4.89. The SMILES string of the molecule is Cc1cc(Cl)ccc1[NH3+].O=P([O-])(O)O. The molecule has 0 amide bonds. The van der Waals surface area contributed by atoms with Gasteiger partial charge in [0.15, 0.2) is 0 Å². The molecule has 80 valence electrons. The van der Waals surface area contributed by atoms with Crippen molar-refractivity contribution in [3.8, 4) is 0 Å². The van der Waals surface area contributed by atoms with E-state index >= 15 is 0 Å². The van der Waals surface area contributed by atoms with E-state index in [1.165, 1.54) is 0 Å². The molecule has 0 fully saturated rings. The van der Waals surface area contributed by atoms with Gasteiger partial charge in [0.25, 0.3) is 7.82 Å². The quantitative estimate of drug-likeness (QED) is 0.552. The van der Waals surface area contributed by atoms with E-state index in [2.05, 4.69) is 5.73 Å². The van der Waals surface area contributed by atoms with Gasteiger partial charge in [-0.05, 0) is 19.1 Å². The van der Waals surface area contributed by atoms with E-state index in [0.717, 1.165) is 16.3 Å². The molecule has 0 aromatic heterocycles. The molecule has 5 nitrogen and oxygen atoms in total. The zero-order valence-electron chi connectivity index (χ0n) is 7.48. The lowest BCUT2D eigenvalue weighted by Gasteiger charge is -2.01. The van der Waals surface area contributed by atoms with Gasteiger partial charge in [-0.2, -0.15) is 0 Å². The highest BCUT2D eigenvalue weighted by Gasteiger charge is 1.94. The summed E-state index contributed by atoms with van der Waals surface area (Å²) in [6.07, 6.45) is 0. The molecule has 1 rings (SSSR count). The Kier molecular flexibility index (Phi) is 5.29. The second kappa shape index (κ2) is 5.46. The molecular formula is C7H11ClNO4P.